The Labute approximate surface area is 144 Å². The highest BCUT2D eigenvalue weighted by Gasteiger charge is 2.16. The number of ether oxygens (including phenoxy) is 2. The highest BCUT2D eigenvalue weighted by molar-refractivity contribution is 6.30. The minimum Gasteiger partial charge on any atom is -0.486 e. The third kappa shape index (κ3) is 4.37. The lowest BCUT2D eigenvalue weighted by Crippen LogP contribution is -2.29. The molecule has 1 aliphatic rings. The van der Waals surface area contributed by atoms with E-state index in [1.165, 1.54) is 0 Å². The summed E-state index contributed by atoms with van der Waals surface area (Å²) < 4.78 is 11.1. The van der Waals surface area contributed by atoms with Crippen molar-refractivity contribution >= 4 is 17.6 Å². The molecule has 0 saturated carbocycles. The van der Waals surface area contributed by atoms with Gasteiger partial charge < -0.3 is 14.6 Å². The Morgan fingerprint density at radius 3 is 2.71 bits per heavy atom. The molecule has 1 aromatic heterocycles. The van der Waals surface area contributed by atoms with Gasteiger partial charge in [-0.1, -0.05) is 17.7 Å². The van der Waals surface area contributed by atoms with E-state index in [1.54, 1.807) is 23.2 Å². The second kappa shape index (κ2) is 7.51. The SMILES string of the molecule is O=C(O)CN(Cc1ccc2c(c1)OCCO2)Cc1cc(Cl)ccn1. The van der Waals surface area contributed by atoms with Crippen molar-refractivity contribution in [3.05, 3.63) is 52.8 Å². The number of halogens is 1. The van der Waals surface area contributed by atoms with Crippen LogP contribution in [0.5, 0.6) is 11.5 Å². The van der Waals surface area contributed by atoms with Gasteiger partial charge in [0.05, 0.1) is 12.2 Å². The van der Waals surface area contributed by atoms with Crippen LogP contribution in [0.25, 0.3) is 0 Å². The summed E-state index contributed by atoms with van der Waals surface area (Å²) in [6.07, 6.45) is 1.61. The number of hydrogen-bond donors (Lipinski definition) is 1. The van der Waals surface area contributed by atoms with E-state index in [0.29, 0.717) is 42.8 Å². The van der Waals surface area contributed by atoms with Crippen LogP contribution in [0, 0.1) is 0 Å². The van der Waals surface area contributed by atoms with E-state index in [4.69, 9.17) is 26.2 Å². The molecule has 1 N–H and O–H groups in total. The number of benzene rings is 1. The zero-order valence-electron chi connectivity index (χ0n) is 12.9. The van der Waals surface area contributed by atoms with Crippen molar-refractivity contribution in [2.75, 3.05) is 19.8 Å². The number of rotatable bonds is 6. The maximum absolute atomic E-state index is 11.2. The highest BCUT2D eigenvalue weighted by atomic mass is 35.5. The molecule has 126 valence electrons. The number of carbonyl (C=O) groups is 1. The molecule has 1 aromatic carbocycles. The van der Waals surface area contributed by atoms with Crippen LogP contribution >= 0.6 is 11.6 Å². The predicted molar refractivity (Wildman–Crippen MR) is 88.4 cm³/mol. The van der Waals surface area contributed by atoms with E-state index in [0.717, 1.165) is 11.3 Å². The van der Waals surface area contributed by atoms with E-state index in [1.807, 2.05) is 18.2 Å². The lowest BCUT2D eigenvalue weighted by atomic mass is 10.1. The summed E-state index contributed by atoms with van der Waals surface area (Å²) in [5.41, 5.74) is 1.67. The number of fused-ring (bicyclic) bond motifs is 1. The Kier molecular flexibility index (Phi) is 5.17. The number of nitrogens with zero attached hydrogens (tertiary/aromatic N) is 2. The monoisotopic (exact) mass is 348 g/mol. The van der Waals surface area contributed by atoms with E-state index < -0.39 is 5.97 Å². The summed E-state index contributed by atoms with van der Waals surface area (Å²) in [6, 6.07) is 9.07. The number of aromatic nitrogens is 1. The van der Waals surface area contributed by atoms with Crippen LogP contribution in [0.2, 0.25) is 5.02 Å². The lowest BCUT2D eigenvalue weighted by Gasteiger charge is -2.22. The van der Waals surface area contributed by atoms with E-state index >= 15 is 0 Å². The van der Waals surface area contributed by atoms with Gasteiger partial charge in [0, 0.05) is 24.3 Å². The predicted octanol–water partition coefficient (Wildman–Crippen LogP) is 2.59. The highest BCUT2D eigenvalue weighted by Crippen LogP contribution is 2.31. The molecule has 0 amide bonds. The first kappa shape index (κ1) is 16.5. The van der Waals surface area contributed by atoms with Crippen LogP contribution in [0.3, 0.4) is 0 Å². The molecule has 6 nitrogen and oxygen atoms in total. The summed E-state index contributed by atoms with van der Waals surface area (Å²) >= 11 is 5.97. The largest absolute Gasteiger partial charge is 0.486 e. The summed E-state index contributed by atoms with van der Waals surface area (Å²) in [4.78, 5) is 17.2. The fraction of sp³-hybridized carbons (Fsp3) is 0.294. The standard InChI is InChI=1S/C17H17ClN2O4/c18-13-3-4-19-14(8-13)10-20(11-17(21)22)9-12-1-2-15-16(7-12)24-6-5-23-15/h1-4,7-8H,5-6,9-11H2,(H,21,22). The molecule has 2 aromatic rings. The lowest BCUT2D eigenvalue weighted by molar-refractivity contribution is -0.138. The van der Waals surface area contributed by atoms with Gasteiger partial charge >= 0.3 is 5.97 Å². The first-order chi connectivity index (χ1) is 11.6. The molecule has 1 aliphatic heterocycles. The smallest absolute Gasteiger partial charge is 0.317 e. The van der Waals surface area contributed by atoms with Crippen LogP contribution in [-0.4, -0.2) is 40.7 Å². The Bertz CT molecular complexity index is 738. The van der Waals surface area contributed by atoms with Crippen LogP contribution in [0.15, 0.2) is 36.5 Å². The van der Waals surface area contributed by atoms with Crippen molar-refractivity contribution in [2.45, 2.75) is 13.1 Å². The third-order valence-corrected chi connectivity index (χ3v) is 3.77. The molecular formula is C17H17ClN2O4. The summed E-state index contributed by atoms with van der Waals surface area (Å²) in [7, 11) is 0. The second-order valence-corrected chi connectivity index (χ2v) is 5.92. The van der Waals surface area contributed by atoms with Gasteiger partial charge in [0.15, 0.2) is 11.5 Å². The Hall–Kier alpha value is -2.31. The Morgan fingerprint density at radius 1 is 1.17 bits per heavy atom. The van der Waals surface area contributed by atoms with Gasteiger partial charge in [-0.15, -0.1) is 0 Å². The van der Waals surface area contributed by atoms with Gasteiger partial charge in [0.1, 0.15) is 13.2 Å². The Morgan fingerprint density at radius 2 is 1.96 bits per heavy atom. The van der Waals surface area contributed by atoms with Gasteiger partial charge in [-0.3, -0.25) is 14.7 Å². The van der Waals surface area contributed by atoms with Crippen molar-refractivity contribution in [3.8, 4) is 11.5 Å². The fourth-order valence-electron chi connectivity index (χ4n) is 2.57. The number of hydrogen-bond acceptors (Lipinski definition) is 5. The van der Waals surface area contributed by atoms with Crippen molar-refractivity contribution in [1.29, 1.82) is 0 Å². The van der Waals surface area contributed by atoms with Crippen LogP contribution in [-0.2, 0) is 17.9 Å². The summed E-state index contributed by atoms with van der Waals surface area (Å²) in [5.74, 6) is 0.510. The van der Waals surface area contributed by atoms with Crippen molar-refractivity contribution in [3.63, 3.8) is 0 Å². The second-order valence-electron chi connectivity index (χ2n) is 5.48. The minimum absolute atomic E-state index is 0.0946. The first-order valence-electron chi connectivity index (χ1n) is 7.53. The van der Waals surface area contributed by atoms with E-state index in [9.17, 15) is 4.79 Å². The van der Waals surface area contributed by atoms with Crippen molar-refractivity contribution in [1.82, 2.24) is 9.88 Å². The molecule has 0 fully saturated rings. The zero-order valence-corrected chi connectivity index (χ0v) is 13.7. The average molecular weight is 349 g/mol. The average Bonchev–Trinajstić information content (AvgIpc) is 2.54. The number of carboxylic acids is 1. The maximum Gasteiger partial charge on any atom is 0.317 e. The molecule has 0 radical (unpaired) electrons. The minimum atomic E-state index is -0.894. The number of aliphatic carboxylic acids is 1. The van der Waals surface area contributed by atoms with E-state index in [-0.39, 0.29) is 6.54 Å². The van der Waals surface area contributed by atoms with Crippen LogP contribution in [0.4, 0.5) is 0 Å². The van der Waals surface area contributed by atoms with Crippen molar-refractivity contribution in [2.24, 2.45) is 0 Å². The van der Waals surface area contributed by atoms with Crippen LogP contribution in [0.1, 0.15) is 11.3 Å². The van der Waals surface area contributed by atoms with Gasteiger partial charge in [-0.05, 0) is 29.8 Å². The molecule has 24 heavy (non-hydrogen) atoms. The molecule has 0 atom stereocenters. The third-order valence-electron chi connectivity index (χ3n) is 3.54. The van der Waals surface area contributed by atoms with Gasteiger partial charge in [0.25, 0.3) is 0 Å². The molecule has 7 heteroatoms. The topological polar surface area (TPSA) is 71.9 Å². The van der Waals surface area contributed by atoms with Crippen molar-refractivity contribution < 1.29 is 19.4 Å². The summed E-state index contributed by atoms with van der Waals surface area (Å²) in [6.45, 7) is 1.81. The quantitative estimate of drug-likeness (QED) is 0.865. The van der Waals surface area contributed by atoms with E-state index in [2.05, 4.69) is 4.98 Å². The Balaban J connectivity index is 1.75. The normalized spacial score (nSPS) is 13.1. The molecule has 0 bridgehead atoms. The van der Waals surface area contributed by atoms with Gasteiger partial charge in [0.2, 0.25) is 0 Å². The first-order valence-corrected chi connectivity index (χ1v) is 7.91. The molecule has 0 unspecified atom stereocenters. The maximum atomic E-state index is 11.2. The molecule has 0 spiro atoms. The molecule has 0 saturated heterocycles. The summed E-state index contributed by atoms with van der Waals surface area (Å²) in [5, 5.41) is 9.73. The fourth-order valence-corrected chi connectivity index (χ4v) is 2.75. The van der Waals surface area contributed by atoms with Gasteiger partial charge in [-0.25, -0.2) is 0 Å². The molecular weight excluding hydrogens is 332 g/mol. The van der Waals surface area contributed by atoms with Crippen LogP contribution < -0.4 is 9.47 Å². The number of pyridine rings is 1. The molecule has 2 heterocycles. The molecule has 0 aliphatic carbocycles. The zero-order chi connectivity index (χ0) is 16.9. The molecule has 3 rings (SSSR count). The number of carboxylic acid groups (broad SMARTS) is 1. The van der Waals surface area contributed by atoms with Gasteiger partial charge in [-0.2, -0.15) is 0 Å².